The Morgan fingerprint density at radius 3 is 2.71 bits per heavy atom. The van der Waals surface area contributed by atoms with Gasteiger partial charge in [-0.1, -0.05) is 0 Å². The number of ether oxygens (including phenoxy) is 2. The number of pyridine rings is 1. The second-order valence-electron chi connectivity index (χ2n) is 4.62. The Bertz CT molecular complexity index is 808. The van der Waals surface area contributed by atoms with Crippen molar-refractivity contribution < 1.29 is 14.3 Å². The van der Waals surface area contributed by atoms with E-state index in [0.29, 0.717) is 17.2 Å². The first kappa shape index (κ1) is 13.2. The Kier molecular flexibility index (Phi) is 3.31. The van der Waals surface area contributed by atoms with E-state index in [1.54, 1.807) is 55.5 Å². The number of benzene rings is 1. The minimum atomic E-state index is -0.427. The maximum Gasteiger partial charge on any atom is 0.360 e. The van der Waals surface area contributed by atoms with Gasteiger partial charge < -0.3 is 14.0 Å². The molecule has 0 unspecified atom stereocenters. The number of carbonyl (C=O) groups is 1. The molecule has 0 aliphatic rings. The van der Waals surface area contributed by atoms with Crippen molar-refractivity contribution in [3.63, 3.8) is 0 Å². The highest BCUT2D eigenvalue weighted by molar-refractivity contribution is 5.91. The van der Waals surface area contributed by atoms with Gasteiger partial charge in [0, 0.05) is 31.0 Å². The van der Waals surface area contributed by atoms with Crippen LogP contribution < -0.4 is 9.47 Å². The van der Waals surface area contributed by atoms with Crippen LogP contribution in [0.3, 0.4) is 0 Å². The van der Waals surface area contributed by atoms with E-state index in [1.165, 1.54) is 0 Å². The van der Waals surface area contributed by atoms with Crippen LogP contribution in [0.15, 0.2) is 48.9 Å². The summed E-state index contributed by atoms with van der Waals surface area (Å²) in [5.74, 6) is 0.462. The fourth-order valence-electron chi connectivity index (χ4n) is 2.16. The summed E-state index contributed by atoms with van der Waals surface area (Å²) in [6.07, 6.45) is 5.21. The Balaban J connectivity index is 1.99. The van der Waals surface area contributed by atoms with Gasteiger partial charge in [-0.3, -0.25) is 4.98 Å². The number of aromatic nitrogens is 2. The third kappa shape index (κ3) is 2.45. The van der Waals surface area contributed by atoms with Crippen LogP contribution in [-0.4, -0.2) is 22.6 Å². The predicted octanol–water partition coefficient (Wildman–Crippen LogP) is 2.80. The number of carbonyl (C=O) groups excluding carboxylic acids is 1. The second-order valence-corrected chi connectivity index (χ2v) is 4.62. The van der Waals surface area contributed by atoms with E-state index in [4.69, 9.17) is 9.47 Å². The number of methoxy groups -OCH3 is 1. The summed E-state index contributed by atoms with van der Waals surface area (Å²) < 4.78 is 12.5. The molecule has 2 heterocycles. The lowest BCUT2D eigenvalue weighted by atomic mass is 10.1. The van der Waals surface area contributed by atoms with Gasteiger partial charge in [0.25, 0.3) is 0 Å². The van der Waals surface area contributed by atoms with Gasteiger partial charge in [0.2, 0.25) is 0 Å². The van der Waals surface area contributed by atoms with Crippen LogP contribution in [0.2, 0.25) is 0 Å². The largest absolute Gasteiger partial charge is 0.493 e. The number of esters is 1. The minimum Gasteiger partial charge on any atom is -0.493 e. The molecule has 3 rings (SSSR count). The molecule has 1 aromatic carbocycles. The zero-order valence-corrected chi connectivity index (χ0v) is 11.7. The molecular weight excluding hydrogens is 268 g/mol. The van der Waals surface area contributed by atoms with Crippen molar-refractivity contribution >= 4 is 16.7 Å². The summed E-state index contributed by atoms with van der Waals surface area (Å²) in [7, 11) is 3.33. The smallest absolute Gasteiger partial charge is 0.360 e. The Labute approximate surface area is 121 Å². The first-order chi connectivity index (χ1) is 10.2. The maximum absolute atomic E-state index is 12.2. The van der Waals surface area contributed by atoms with E-state index in [1.807, 2.05) is 12.1 Å². The minimum absolute atomic E-state index is 0.379. The number of aryl methyl sites for hydroxylation is 1. The Hall–Kier alpha value is -2.82. The summed E-state index contributed by atoms with van der Waals surface area (Å²) in [4.78, 5) is 16.3. The lowest BCUT2D eigenvalue weighted by molar-refractivity contribution is 0.0720. The van der Waals surface area contributed by atoms with Crippen molar-refractivity contribution in [3.8, 4) is 11.5 Å². The highest BCUT2D eigenvalue weighted by Gasteiger charge is 2.15. The molecule has 0 bridgehead atoms. The molecule has 0 radical (unpaired) electrons. The summed E-state index contributed by atoms with van der Waals surface area (Å²) in [6.45, 7) is 0. The molecule has 0 atom stereocenters. The lowest BCUT2D eigenvalue weighted by Crippen LogP contribution is -2.13. The normalized spacial score (nSPS) is 10.6. The topological polar surface area (TPSA) is 53.4 Å². The van der Waals surface area contributed by atoms with Crippen LogP contribution in [0.1, 0.15) is 10.5 Å². The Morgan fingerprint density at radius 2 is 2.00 bits per heavy atom. The van der Waals surface area contributed by atoms with Crippen LogP contribution in [0.4, 0.5) is 0 Å². The van der Waals surface area contributed by atoms with Gasteiger partial charge in [0.1, 0.15) is 5.69 Å². The third-order valence-corrected chi connectivity index (χ3v) is 3.28. The summed E-state index contributed by atoms with van der Waals surface area (Å²) in [5, 5.41) is 1.86. The van der Waals surface area contributed by atoms with E-state index in [2.05, 4.69) is 4.98 Å². The highest BCUT2D eigenvalue weighted by atomic mass is 16.6. The van der Waals surface area contributed by atoms with Gasteiger partial charge >= 0.3 is 5.97 Å². The van der Waals surface area contributed by atoms with Crippen LogP contribution in [0, 0.1) is 0 Å². The van der Waals surface area contributed by atoms with Gasteiger partial charge in [-0.05, 0) is 35.7 Å². The van der Waals surface area contributed by atoms with Crippen molar-refractivity contribution in [1.29, 1.82) is 0 Å². The molecule has 21 heavy (non-hydrogen) atoms. The van der Waals surface area contributed by atoms with E-state index in [0.717, 1.165) is 10.8 Å². The first-order valence-electron chi connectivity index (χ1n) is 6.44. The number of rotatable bonds is 3. The number of hydrogen-bond acceptors (Lipinski definition) is 4. The van der Waals surface area contributed by atoms with E-state index in [9.17, 15) is 4.79 Å². The fourth-order valence-corrected chi connectivity index (χ4v) is 2.16. The Morgan fingerprint density at radius 1 is 1.19 bits per heavy atom. The molecule has 0 aliphatic carbocycles. The molecule has 0 aliphatic heterocycles. The highest BCUT2D eigenvalue weighted by Crippen LogP contribution is 2.32. The molecule has 2 aromatic heterocycles. The second kappa shape index (κ2) is 5.28. The first-order valence-corrected chi connectivity index (χ1v) is 6.44. The molecule has 5 nitrogen and oxygen atoms in total. The van der Waals surface area contributed by atoms with Gasteiger partial charge in [-0.15, -0.1) is 0 Å². The van der Waals surface area contributed by atoms with Crippen LogP contribution >= 0.6 is 0 Å². The molecule has 0 fully saturated rings. The average molecular weight is 282 g/mol. The molecule has 0 saturated heterocycles. The van der Waals surface area contributed by atoms with Gasteiger partial charge in [-0.25, -0.2) is 4.79 Å². The summed E-state index contributed by atoms with van der Waals surface area (Å²) in [5.41, 5.74) is 0.475. The van der Waals surface area contributed by atoms with Gasteiger partial charge in [0.15, 0.2) is 11.5 Å². The standard InChI is InChI=1S/C16H14N2O3/c1-18-7-3-4-13(18)16(19)21-15-9-12-10-17-6-5-11(12)8-14(15)20-2/h3-10H,1-2H3. The van der Waals surface area contributed by atoms with E-state index in [-0.39, 0.29) is 0 Å². The van der Waals surface area contributed by atoms with E-state index < -0.39 is 5.97 Å². The van der Waals surface area contributed by atoms with Gasteiger partial charge in [0.05, 0.1) is 7.11 Å². The van der Waals surface area contributed by atoms with Crippen LogP contribution in [0.5, 0.6) is 11.5 Å². The van der Waals surface area contributed by atoms with Crippen LogP contribution in [0.25, 0.3) is 10.8 Å². The zero-order chi connectivity index (χ0) is 14.8. The lowest BCUT2D eigenvalue weighted by Gasteiger charge is -2.11. The summed E-state index contributed by atoms with van der Waals surface area (Å²) in [6, 6.07) is 8.95. The van der Waals surface area contributed by atoms with Gasteiger partial charge in [-0.2, -0.15) is 0 Å². The number of fused-ring (bicyclic) bond motifs is 1. The molecule has 0 spiro atoms. The third-order valence-electron chi connectivity index (χ3n) is 3.28. The van der Waals surface area contributed by atoms with Crippen molar-refractivity contribution in [1.82, 2.24) is 9.55 Å². The fraction of sp³-hybridized carbons (Fsp3) is 0.125. The van der Waals surface area contributed by atoms with Crippen molar-refractivity contribution in [2.24, 2.45) is 7.05 Å². The number of hydrogen-bond donors (Lipinski definition) is 0. The summed E-state index contributed by atoms with van der Waals surface area (Å²) >= 11 is 0. The molecule has 106 valence electrons. The maximum atomic E-state index is 12.2. The predicted molar refractivity (Wildman–Crippen MR) is 78.7 cm³/mol. The average Bonchev–Trinajstić information content (AvgIpc) is 2.92. The van der Waals surface area contributed by atoms with Crippen LogP contribution in [-0.2, 0) is 7.05 Å². The molecule has 3 aromatic rings. The van der Waals surface area contributed by atoms with E-state index >= 15 is 0 Å². The number of nitrogens with zero attached hydrogens (tertiary/aromatic N) is 2. The molecular formula is C16H14N2O3. The monoisotopic (exact) mass is 282 g/mol. The molecule has 0 N–H and O–H groups in total. The SMILES string of the molecule is COc1cc2ccncc2cc1OC(=O)c1cccn1C. The molecule has 0 saturated carbocycles. The quantitative estimate of drug-likeness (QED) is 0.547. The molecule has 5 heteroatoms. The van der Waals surface area contributed by atoms with Crippen molar-refractivity contribution in [3.05, 3.63) is 54.6 Å². The molecule has 0 amide bonds. The zero-order valence-electron chi connectivity index (χ0n) is 11.7. The van der Waals surface area contributed by atoms with Crippen molar-refractivity contribution in [2.45, 2.75) is 0 Å². The van der Waals surface area contributed by atoms with Crippen molar-refractivity contribution in [2.75, 3.05) is 7.11 Å².